The molecule has 4 aliphatic carbocycles. The molecule has 1 aliphatic heterocycles. The third kappa shape index (κ3) is 4.52. The Morgan fingerprint density at radius 2 is 1.42 bits per heavy atom. The van der Waals surface area contributed by atoms with Crippen LogP contribution in [0.1, 0.15) is 44.1 Å². The molecular weight excluding hydrogens is 408 g/mol. The lowest BCUT2D eigenvalue weighted by molar-refractivity contribution is -0.00522. The molecule has 5 aliphatic rings. The summed E-state index contributed by atoms with van der Waals surface area (Å²) in [5.74, 6) is 3.79. The lowest BCUT2D eigenvalue weighted by atomic mass is 9.48. The van der Waals surface area contributed by atoms with E-state index in [1.54, 1.807) is 0 Å². The van der Waals surface area contributed by atoms with Crippen LogP contribution in [0.4, 0.5) is 5.69 Å². The van der Waals surface area contributed by atoms with Crippen molar-refractivity contribution in [3.05, 3.63) is 60.2 Å². The SMILES string of the molecule is O[C@H](COc1ccc(C23CC4CC(CC(C4)C2)C3)cc1)CN1CCN(c2ccccc2)CC1. The molecule has 5 fully saturated rings. The van der Waals surface area contributed by atoms with Gasteiger partial charge >= 0.3 is 0 Å². The highest BCUT2D eigenvalue weighted by molar-refractivity contribution is 5.46. The molecule has 4 bridgehead atoms. The number of hydrogen-bond acceptors (Lipinski definition) is 4. The quantitative estimate of drug-likeness (QED) is 0.668. The van der Waals surface area contributed by atoms with Crippen LogP contribution in [-0.2, 0) is 5.41 Å². The molecule has 4 heteroatoms. The van der Waals surface area contributed by atoms with Gasteiger partial charge in [-0.05, 0) is 91.5 Å². The van der Waals surface area contributed by atoms with Gasteiger partial charge in [-0.25, -0.2) is 0 Å². The molecule has 176 valence electrons. The van der Waals surface area contributed by atoms with E-state index in [4.69, 9.17) is 4.74 Å². The van der Waals surface area contributed by atoms with E-state index < -0.39 is 6.10 Å². The van der Waals surface area contributed by atoms with Crippen molar-refractivity contribution in [2.45, 2.75) is 50.0 Å². The summed E-state index contributed by atoms with van der Waals surface area (Å²) in [5.41, 5.74) is 3.26. The second-order valence-corrected chi connectivity index (χ2v) is 11.3. The first-order valence-corrected chi connectivity index (χ1v) is 13.1. The van der Waals surface area contributed by atoms with Crippen molar-refractivity contribution in [1.29, 1.82) is 0 Å². The van der Waals surface area contributed by atoms with E-state index in [-0.39, 0.29) is 0 Å². The number of piperazine rings is 1. The van der Waals surface area contributed by atoms with Crippen LogP contribution in [-0.4, -0.2) is 55.4 Å². The van der Waals surface area contributed by atoms with Crippen molar-refractivity contribution in [2.24, 2.45) is 17.8 Å². The molecule has 0 spiro atoms. The Bertz CT molecular complexity index is 885. The van der Waals surface area contributed by atoms with Crippen LogP contribution in [0.3, 0.4) is 0 Å². The highest BCUT2D eigenvalue weighted by atomic mass is 16.5. The lowest BCUT2D eigenvalue weighted by Crippen LogP contribution is -2.49. The standard InChI is InChI=1S/C29H38N2O2/c32-27(20-30-10-12-31(13-11-30)26-4-2-1-3-5-26)21-33-28-8-6-25(7-9-28)29-17-22-14-23(18-29)16-24(15-22)19-29/h1-9,22-24,27,32H,10-21H2/t22?,23?,24?,27-,29?/m0/s1. The summed E-state index contributed by atoms with van der Waals surface area (Å²) < 4.78 is 5.99. The Morgan fingerprint density at radius 1 is 0.818 bits per heavy atom. The van der Waals surface area contributed by atoms with E-state index in [0.29, 0.717) is 18.6 Å². The fourth-order valence-corrected chi connectivity index (χ4v) is 7.74. The summed E-state index contributed by atoms with van der Waals surface area (Å²) >= 11 is 0. The maximum absolute atomic E-state index is 10.6. The molecule has 2 aromatic rings. The number of β-amino-alcohol motifs (C(OH)–C–C–N with tert-alkyl or cyclic N) is 1. The van der Waals surface area contributed by atoms with E-state index in [1.165, 1.54) is 49.8 Å². The minimum Gasteiger partial charge on any atom is -0.491 e. The van der Waals surface area contributed by atoms with Crippen molar-refractivity contribution < 1.29 is 9.84 Å². The summed E-state index contributed by atoms with van der Waals surface area (Å²) in [6.07, 6.45) is 8.19. The smallest absolute Gasteiger partial charge is 0.119 e. The lowest BCUT2D eigenvalue weighted by Gasteiger charge is -2.57. The van der Waals surface area contributed by atoms with Crippen molar-refractivity contribution in [3.63, 3.8) is 0 Å². The molecule has 1 N–H and O–H groups in total. The number of benzene rings is 2. The molecule has 33 heavy (non-hydrogen) atoms. The van der Waals surface area contributed by atoms with Crippen LogP contribution in [0.15, 0.2) is 54.6 Å². The number of para-hydroxylation sites is 1. The number of hydrogen-bond donors (Lipinski definition) is 1. The zero-order chi connectivity index (χ0) is 22.3. The van der Waals surface area contributed by atoms with E-state index in [2.05, 4.69) is 64.4 Å². The summed E-state index contributed by atoms with van der Waals surface area (Å²) in [5, 5.41) is 10.6. The topological polar surface area (TPSA) is 35.9 Å². The first kappa shape index (κ1) is 21.5. The predicted octanol–water partition coefficient (Wildman–Crippen LogP) is 4.72. The van der Waals surface area contributed by atoms with Gasteiger partial charge in [-0.1, -0.05) is 30.3 Å². The minimum absolute atomic E-state index is 0.357. The van der Waals surface area contributed by atoms with Gasteiger partial charge in [0.1, 0.15) is 18.5 Å². The number of rotatable bonds is 7. The molecule has 1 saturated heterocycles. The molecule has 0 radical (unpaired) electrons. The Balaban J connectivity index is 0.980. The van der Waals surface area contributed by atoms with Gasteiger partial charge in [-0.15, -0.1) is 0 Å². The van der Waals surface area contributed by atoms with Gasteiger partial charge in [0.2, 0.25) is 0 Å². The molecule has 2 aromatic carbocycles. The van der Waals surface area contributed by atoms with Crippen LogP contribution >= 0.6 is 0 Å². The first-order chi connectivity index (χ1) is 16.1. The monoisotopic (exact) mass is 446 g/mol. The van der Waals surface area contributed by atoms with Gasteiger partial charge < -0.3 is 14.7 Å². The Kier molecular flexibility index (Phi) is 5.83. The molecule has 7 rings (SSSR count). The number of ether oxygens (including phenoxy) is 1. The maximum Gasteiger partial charge on any atom is 0.119 e. The number of nitrogens with zero attached hydrogens (tertiary/aromatic N) is 2. The number of aliphatic hydroxyl groups is 1. The van der Waals surface area contributed by atoms with Gasteiger partial charge in [0.05, 0.1) is 0 Å². The molecule has 1 heterocycles. The highest BCUT2D eigenvalue weighted by Crippen LogP contribution is 2.60. The normalized spacial score (nSPS) is 32.2. The molecule has 0 unspecified atom stereocenters. The average molecular weight is 447 g/mol. The van der Waals surface area contributed by atoms with Gasteiger partial charge in [0, 0.05) is 38.4 Å². The second-order valence-electron chi connectivity index (χ2n) is 11.3. The van der Waals surface area contributed by atoms with Crippen molar-refractivity contribution in [3.8, 4) is 5.75 Å². The Morgan fingerprint density at radius 3 is 2.03 bits per heavy atom. The molecule has 0 amide bonds. The fraction of sp³-hybridized carbons (Fsp3) is 0.586. The van der Waals surface area contributed by atoms with Crippen molar-refractivity contribution >= 4 is 5.69 Å². The highest BCUT2D eigenvalue weighted by Gasteiger charge is 2.51. The fourth-order valence-electron chi connectivity index (χ4n) is 7.74. The van der Waals surface area contributed by atoms with Gasteiger partial charge in [-0.3, -0.25) is 4.90 Å². The van der Waals surface area contributed by atoms with Crippen LogP contribution in [0.5, 0.6) is 5.75 Å². The zero-order valence-electron chi connectivity index (χ0n) is 19.7. The van der Waals surface area contributed by atoms with E-state index >= 15 is 0 Å². The molecule has 4 saturated carbocycles. The zero-order valence-corrected chi connectivity index (χ0v) is 19.7. The average Bonchev–Trinajstić information content (AvgIpc) is 2.83. The third-order valence-electron chi connectivity index (χ3n) is 8.91. The Hall–Kier alpha value is -2.04. The minimum atomic E-state index is -0.462. The summed E-state index contributed by atoms with van der Waals surface area (Å²) in [6, 6.07) is 19.5. The summed E-state index contributed by atoms with van der Waals surface area (Å²) in [4.78, 5) is 4.77. The summed E-state index contributed by atoms with van der Waals surface area (Å²) in [6.45, 7) is 4.99. The van der Waals surface area contributed by atoms with Crippen LogP contribution < -0.4 is 9.64 Å². The molecule has 1 atom stereocenters. The largest absolute Gasteiger partial charge is 0.491 e. The predicted molar refractivity (Wildman–Crippen MR) is 133 cm³/mol. The molecular formula is C29H38N2O2. The van der Waals surface area contributed by atoms with E-state index in [1.807, 2.05) is 0 Å². The van der Waals surface area contributed by atoms with Gasteiger partial charge in [0.15, 0.2) is 0 Å². The van der Waals surface area contributed by atoms with E-state index in [0.717, 1.165) is 49.7 Å². The first-order valence-electron chi connectivity index (χ1n) is 13.1. The summed E-state index contributed by atoms with van der Waals surface area (Å²) in [7, 11) is 0. The van der Waals surface area contributed by atoms with Crippen molar-refractivity contribution in [1.82, 2.24) is 4.90 Å². The van der Waals surface area contributed by atoms with Crippen LogP contribution in [0.2, 0.25) is 0 Å². The van der Waals surface area contributed by atoms with Crippen molar-refractivity contribution in [2.75, 3.05) is 44.2 Å². The third-order valence-corrected chi connectivity index (χ3v) is 8.91. The van der Waals surface area contributed by atoms with Crippen LogP contribution in [0.25, 0.3) is 0 Å². The number of aliphatic hydroxyl groups excluding tert-OH is 1. The van der Waals surface area contributed by atoms with Gasteiger partial charge in [0.25, 0.3) is 0 Å². The second kappa shape index (κ2) is 8.96. The number of anilines is 1. The molecule has 4 nitrogen and oxygen atoms in total. The molecule has 0 aromatic heterocycles. The maximum atomic E-state index is 10.6. The van der Waals surface area contributed by atoms with Crippen LogP contribution in [0, 0.1) is 17.8 Å². The van der Waals surface area contributed by atoms with E-state index in [9.17, 15) is 5.11 Å². The van der Waals surface area contributed by atoms with Gasteiger partial charge in [-0.2, -0.15) is 0 Å². The Labute approximate surface area is 198 Å².